The van der Waals surface area contributed by atoms with Crippen molar-refractivity contribution in [3.05, 3.63) is 65.6 Å². The maximum Gasteiger partial charge on any atom is 0.270 e. The molecule has 2 amide bonds. The van der Waals surface area contributed by atoms with Crippen LogP contribution in [0, 0.1) is 6.92 Å². The van der Waals surface area contributed by atoms with Gasteiger partial charge in [-0.1, -0.05) is 31.0 Å². The number of ether oxygens (including phenoxy) is 1. The summed E-state index contributed by atoms with van der Waals surface area (Å²) in [6.45, 7) is 2.31. The molecule has 0 unspecified atom stereocenters. The number of amides is 2. The van der Waals surface area contributed by atoms with E-state index < -0.39 is 11.4 Å². The number of nitrogens with one attached hydrogen (secondary N) is 2. The van der Waals surface area contributed by atoms with Crippen LogP contribution in [0.4, 0.5) is 0 Å². The smallest absolute Gasteiger partial charge is 0.270 e. The van der Waals surface area contributed by atoms with E-state index in [2.05, 4.69) is 15.3 Å². The molecule has 1 fully saturated rings. The number of carbonyl (C=O) groups excluding carboxylic acids is 2. The van der Waals surface area contributed by atoms with E-state index in [4.69, 9.17) is 9.94 Å². The van der Waals surface area contributed by atoms with Crippen molar-refractivity contribution < 1.29 is 19.5 Å². The molecule has 3 aromatic rings. The second-order valence-electron chi connectivity index (χ2n) is 8.26. The summed E-state index contributed by atoms with van der Waals surface area (Å²) in [7, 11) is 0. The zero-order valence-corrected chi connectivity index (χ0v) is 17.9. The highest BCUT2D eigenvalue weighted by Gasteiger charge is 2.37. The molecule has 2 aromatic heterocycles. The number of aryl methyl sites for hydroxylation is 1. The predicted molar refractivity (Wildman–Crippen MR) is 118 cm³/mol. The van der Waals surface area contributed by atoms with E-state index in [1.165, 1.54) is 6.20 Å². The molecule has 1 aliphatic rings. The van der Waals surface area contributed by atoms with E-state index in [0.29, 0.717) is 25.2 Å². The van der Waals surface area contributed by atoms with E-state index in [1.807, 2.05) is 37.3 Å². The minimum atomic E-state index is -0.652. The maximum atomic E-state index is 12.7. The Labute approximate surface area is 186 Å². The number of aromatic nitrogens is 2. The average molecular weight is 434 g/mol. The molecule has 0 saturated heterocycles. The number of rotatable bonds is 7. The summed E-state index contributed by atoms with van der Waals surface area (Å²) in [5.74, 6) is -0.307. The van der Waals surface area contributed by atoms with Crippen LogP contribution < -0.4 is 15.5 Å². The van der Waals surface area contributed by atoms with Crippen molar-refractivity contribution in [3.63, 3.8) is 0 Å². The molecule has 166 valence electrons. The molecular weight excluding hydrogens is 408 g/mol. The molecule has 3 N–H and O–H groups in total. The van der Waals surface area contributed by atoms with Gasteiger partial charge in [-0.15, -0.1) is 0 Å². The Morgan fingerprint density at radius 1 is 1.16 bits per heavy atom. The van der Waals surface area contributed by atoms with Crippen molar-refractivity contribution in [3.8, 4) is 5.75 Å². The molecule has 4 rings (SSSR count). The lowest BCUT2D eigenvalue weighted by molar-refractivity contribution is -0.130. The van der Waals surface area contributed by atoms with E-state index in [0.717, 1.165) is 35.0 Å². The maximum absolute atomic E-state index is 12.7. The van der Waals surface area contributed by atoms with Gasteiger partial charge in [-0.2, -0.15) is 0 Å². The minimum absolute atomic E-state index is 0.0374. The number of pyridine rings is 2. The van der Waals surface area contributed by atoms with Gasteiger partial charge in [0.05, 0.1) is 18.1 Å². The van der Waals surface area contributed by atoms with Crippen LogP contribution in [0.25, 0.3) is 10.9 Å². The predicted octanol–water partition coefficient (Wildman–Crippen LogP) is 3.46. The van der Waals surface area contributed by atoms with Crippen molar-refractivity contribution >= 4 is 22.7 Å². The lowest BCUT2D eigenvalue weighted by atomic mass is 9.92. The van der Waals surface area contributed by atoms with E-state index in [1.54, 1.807) is 17.6 Å². The van der Waals surface area contributed by atoms with Gasteiger partial charge in [-0.3, -0.25) is 19.8 Å². The van der Waals surface area contributed by atoms with Crippen LogP contribution in [-0.2, 0) is 11.4 Å². The quantitative estimate of drug-likeness (QED) is 0.388. The first-order chi connectivity index (χ1) is 15.5. The van der Waals surface area contributed by atoms with Gasteiger partial charge in [-0.05, 0) is 44.0 Å². The van der Waals surface area contributed by atoms with E-state index in [-0.39, 0.29) is 18.0 Å². The fourth-order valence-electron chi connectivity index (χ4n) is 4.32. The number of hydrogen-bond acceptors (Lipinski definition) is 6. The number of benzene rings is 1. The van der Waals surface area contributed by atoms with Crippen LogP contribution in [0.1, 0.15) is 53.8 Å². The van der Waals surface area contributed by atoms with Crippen molar-refractivity contribution in [2.45, 2.75) is 51.2 Å². The lowest BCUT2D eigenvalue weighted by Crippen LogP contribution is -2.49. The van der Waals surface area contributed by atoms with Crippen LogP contribution in [0.15, 0.2) is 48.7 Å². The normalized spacial score (nSPS) is 14.8. The summed E-state index contributed by atoms with van der Waals surface area (Å²) in [5.41, 5.74) is 4.12. The van der Waals surface area contributed by atoms with Crippen LogP contribution in [0.3, 0.4) is 0 Å². The zero-order chi connectivity index (χ0) is 22.6. The largest absolute Gasteiger partial charge is 0.487 e. The monoisotopic (exact) mass is 434 g/mol. The zero-order valence-electron chi connectivity index (χ0n) is 17.9. The molecule has 8 nitrogen and oxygen atoms in total. The summed E-state index contributed by atoms with van der Waals surface area (Å²) in [6.07, 6.45) is 4.77. The average Bonchev–Trinajstić information content (AvgIpc) is 3.25. The third-order valence-electron chi connectivity index (χ3n) is 5.86. The van der Waals surface area contributed by atoms with Crippen molar-refractivity contribution in [1.29, 1.82) is 0 Å². The van der Waals surface area contributed by atoms with Crippen molar-refractivity contribution in [1.82, 2.24) is 20.8 Å². The van der Waals surface area contributed by atoms with Gasteiger partial charge < -0.3 is 10.1 Å². The standard InChI is InChI=1S/C24H26N4O4/c1-16-12-17(19-6-2-3-7-20(19)26-16)15-32-18-8-9-21(25-14-18)23(30)27-24(10-4-5-11-24)13-22(29)28-31/h2-3,6-9,12,14,31H,4-5,10-11,13,15H2,1H3,(H,27,30)(H,28,29). The molecule has 0 aliphatic heterocycles. The fourth-order valence-corrected chi connectivity index (χ4v) is 4.32. The van der Waals surface area contributed by atoms with E-state index >= 15 is 0 Å². The third-order valence-corrected chi connectivity index (χ3v) is 5.86. The third kappa shape index (κ3) is 4.86. The number of nitrogens with zero attached hydrogens (tertiary/aromatic N) is 2. The Kier molecular flexibility index (Phi) is 6.32. The molecule has 0 atom stereocenters. The molecule has 0 radical (unpaired) electrons. The van der Waals surface area contributed by atoms with Gasteiger partial charge in [-0.25, -0.2) is 10.5 Å². The van der Waals surface area contributed by atoms with Crippen molar-refractivity contribution in [2.75, 3.05) is 0 Å². The second-order valence-corrected chi connectivity index (χ2v) is 8.26. The van der Waals surface area contributed by atoms with Gasteiger partial charge in [0.15, 0.2) is 0 Å². The first-order valence-electron chi connectivity index (χ1n) is 10.7. The first kappa shape index (κ1) is 21.7. The molecule has 8 heteroatoms. The molecule has 1 saturated carbocycles. The molecule has 0 spiro atoms. The Bertz CT molecular complexity index is 1120. The minimum Gasteiger partial charge on any atom is -0.487 e. The van der Waals surface area contributed by atoms with Gasteiger partial charge >= 0.3 is 0 Å². The summed E-state index contributed by atoms with van der Waals surface area (Å²) in [6, 6.07) is 13.2. The SMILES string of the molecule is Cc1cc(COc2ccc(C(=O)NC3(CC(=O)NO)CCCC3)nc2)c2ccccc2n1. The van der Waals surface area contributed by atoms with E-state index in [9.17, 15) is 9.59 Å². The lowest BCUT2D eigenvalue weighted by Gasteiger charge is -2.29. The Morgan fingerprint density at radius 3 is 2.66 bits per heavy atom. The molecular formula is C24H26N4O4. The highest BCUT2D eigenvalue weighted by molar-refractivity contribution is 5.93. The Hall–Kier alpha value is -3.52. The van der Waals surface area contributed by atoms with Crippen LogP contribution in [-0.4, -0.2) is 32.5 Å². The topological polar surface area (TPSA) is 113 Å². The highest BCUT2D eigenvalue weighted by Crippen LogP contribution is 2.33. The molecule has 2 heterocycles. The first-order valence-corrected chi connectivity index (χ1v) is 10.7. The van der Waals surface area contributed by atoms with Crippen LogP contribution in [0.5, 0.6) is 5.75 Å². The summed E-state index contributed by atoms with van der Waals surface area (Å²) in [4.78, 5) is 33.2. The number of carbonyl (C=O) groups is 2. The number of para-hydroxylation sites is 1. The molecule has 1 aromatic carbocycles. The van der Waals surface area contributed by atoms with Crippen molar-refractivity contribution in [2.24, 2.45) is 0 Å². The fraction of sp³-hybridized carbons (Fsp3) is 0.333. The van der Waals surface area contributed by atoms with Gasteiger partial charge in [0, 0.05) is 22.2 Å². The molecule has 1 aliphatic carbocycles. The van der Waals surface area contributed by atoms with Gasteiger partial charge in [0.1, 0.15) is 18.1 Å². The number of hydrogen-bond donors (Lipinski definition) is 3. The van der Waals surface area contributed by atoms with Gasteiger partial charge in [0.25, 0.3) is 5.91 Å². The molecule has 0 bridgehead atoms. The van der Waals surface area contributed by atoms with Crippen LogP contribution in [0.2, 0.25) is 0 Å². The summed E-state index contributed by atoms with van der Waals surface area (Å²) >= 11 is 0. The second kappa shape index (κ2) is 9.32. The number of hydroxylamine groups is 1. The summed E-state index contributed by atoms with van der Waals surface area (Å²) in [5, 5.41) is 12.8. The number of fused-ring (bicyclic) bond motifs is 1. The Morgan fingerprint density at radius 2 is 1.94 bits per heavy atom. The summed E-state index contributed by atoms with van der Waals surface area (Å²) < 4.78 is 5.91. The molecule has 32 heavy (non-hydrogen) atoms. The van der Waals surface area contributed by atoms with Crippen LogP contribution >= 0.6 is 0 Å². The van der Waals surface area contributed by atoms with Gasteiger partial charge in [0.2, 0.25) is 5.91 Å². The Balaban J connectivity index is 1.42. The highest BCUT2D eigenvalue weighted by atomic mass is 16.5.